The molecule has 3 nitrogen and oxygen atoms in total. The van der Waals surface area contributed by atoms with Crippen molar-refractivity contribution in [2.75, 3.05) is 0 Å². The monoisotopic (exact) mass is 331 g/mol. The summed E-state index contributed by atoms with van der Waals surface area (Å²) in [5, 5.41) is 3.74. The van der Waals surface area contributed by atoms with E-state index in [1.54, 1.807) is 0 Å². The first-order valence-corrected chi connectivity index (χ1v) is 6.26. The van der Waals surface area contributed by atoms with E-state index < -0.39 is 23.6 Å². The summed E-state index contributed by atoms with van der Waals surface area (Å²) < 4.78 is 77.5. The minimum atomic E-state index is -4.65. The van der Waals surface area contributed by atoms with Crippen LogP contribution in [0, 0.1) is 0 Å². The molecule has 0 unspecified atom stereocenters. The highest BCUT2D eigenvalue weighted by Gasteiger charge is 2.34. The molecule has 0 bridgehead atoms. The van der Waals surface area contributed by atoms with Gasteiger partial charge in [0.25, 0.3) is 0 Å². The molecular weight excluding hydrogens is 324 g/mol. The van der Waals surface area contributed by atoms with E-state index >= 15 is 0 Å². The second-order valence-corrected chi connectivity index (χ2v) is 4.71. The van der Waals surface area contributed by atoms with Gasteiger partial charge in [0.15, 0.2) is 5.65 Å². The lowest BCUT2D eigenvalue weighted by Crippen LogP contribution is -2.12. The predicted molar refractivity (Wildman–Crippen MR) is 68.4 cm³/mol. The van der Waals surface area contributed by atoms with E-state index in [0.717, 1.165) is 24.4 Å². The topological polar surface area (TPSA) is 30.2 Å². The summed E-state index contributed by atoms with van der Waals surface area (Å²) in [4.78, 5) is 3.75. The van der Waals surface area contributed by atoms with Crippen molar-refractivity contribution in [3.63, 3.8) is 0 Å². The molecule has 2 aromatic heterocycles. The Kier molecular flexibility index (Phi) is 3.31. The van der Waals surface area contributed by atoms with Gasteiger partial charge in [-0.3, -0.25) is 0 Å². The lowest BCUT2D eigenvalue weighted by Gasteiger charge is -2.08. The van der Waals surface area contributed by atoms with E-state index in [-0.39, 0.29) is 16.9 Å². The maximum absolute atomic E-state index is 12.9. The number of benzene rings is 1. The molecule has 23 heavy (non-hydrogen) atoms. The molecule has 0 atom stereocenters. The highest BCUT2D eigenvalue weighted by atomic mass is 19.4. The number of fused-ring (bicyclic) bond motifs is 1. The van der Waals surface area contributed by atoms with Gasteiger partial charge >= 0.3 is 12.4 Å². The number of hydrogen-bond acceptors (Lipinski definition) is 2. The molecule has 1 aromatic carbocycles. The molecule has 9 heteroatoms. The Morgan fingerprint density at radius 2 is 1.61 bits per heavy atom. The molecule has 0 radical (unpaired) electrons. The number of halogens is 6. The molecule has 0 saturated carbocycles. The molecule has 0 aliphatic rings. The number of alkyl halides is 6. The van der Waals surface area contributed by atoms with Crippen LogP contribution < -0.4 is 0 Å². The third-order valence-corrected chi connectivity index (χ3v) is 3.13. The number of nitrogens with zero attached hydrogens (tertiary/aromatic N) is 3. The Labute approximate surface area is 125 Å². The van der Waals surface area contributed by atoms with Crippen LogP contribution in [0.1, 0.15) is 11.3 Å². The van der Waals surface area contributed by atoms with Gasteiger partial charge in [0, 0.05) is 17.8 Å². The average molecular weight is 331 g/mol. The summed E-state index contributed by atoms with van der Waals surface area (Å²) in [7, 11) is 0. The quantitative estimate of drug-likeness (QED) is 0.617. The lowest BCUT2D eigenvalue weighted by molar-refractivity contribution is -0.142. The highest BCUT2D eigenvalue weighted by Crippen LogP contribution is 2.33. The minimum absolute atomic E-state index is 0.0275. The molecule has 3 aromatic rings. The van der Waals surface area contributed by atoms with Gasteiger partial charge in [-0.05, 0) is 18.2 Å². The van der Waals surface area contributed by atoms with E-state index in [1.165, 1.54) is 18.2 Å². The highest BCUT2D eigenvalue weighted by molar-refractivity contribution is 5.65. The number of rotatable bonds is 1. The summed E-state index contributed by atoms with van der Waals surface area (Å²) in [6.07, 6.45) is -8.24. The Bertz CT molecular complexity index is 863. The third-order valence-electron chi connectivity index (χ3n) is 3.13. The summed E-state index contributed by atoms with van der Waals surface area (Å²) >= 11 is 0. The van der Waals surface area contributed by atoms with Crippen LogP contribution in [0.25, 0.3) is 16.9 Å². The maximum atomic E-state index is 12.9. The van der Waals surface area contributed by atoms with Crippen molar-refractivity contribution in [3.8, 4) is 11.3 Å². The van der Waals surface area contributed by atoms with Crippen molar-refractivity contribution in [3.05, 3.63) is 53.9 Å². The first-order valence-electron chi connectivity index (χ1n) is 6.26. The lowest BCUT2D eigenvalue weighted by atomic mass is 10.1. The van der Waals surface area contributed by atoms with Crippen LogP contribution in [-0.4, -0.2) is 14.6 Å². The smallest absolute Gasteiger partial charge is 0.237 e. The molecule has 0 saturated heterocycles. The van der Waals surface area contributed by atoms with Crippen LogP contribution in [0.15, 0.2) is 42.6 Å². The van der Waals surface area contributed by atoms with Crippen molar-refractivity contribution >= 4 is 5.65 Å². The van der Waals surface area contributed by atoms with Gasteiger partial charge in [0.1, 0.15) is 5.69 Å². The van der Waals surface area contributed by atoms with Crippen molar-refractivity contribution in [2.45, 2.75) is 12.4 Å². The summed E-state index contributed by atoms with van der Waals surface area (Å²) in [6.45, 7) is 0. The van der Waals surface area contributed by atoms with Gasteiger partial charge in [-0.2, -0.15) is 31.4 Å². The van der Waals surface area contributed by atoms with Gasteiger partial charge in [-0.15, -0.1) is 0 Å². The zero-order valence-corrected chi connectivity index (χ0v) is 11.2. The standard InChI is InChI=1S/C14H7F6N3/c15-13(16,17)9-3-1-2-8(6-9)10-7-12-21-5-4-11(14(18,19)20)23(12)22-10/h1-7H. The SMILES string of the molecule is FC(F)(F)c1cccc(-c2cc3nccc(C(F)(F)F)n3n2)c1. The Morgan fingerprint density at radius 1 is 0.870 bits per heavy atom. The second-order valence-electron chi connectivity index (χ2n) is 4.71. The van der Waals surface area contributed by atoms with Gasteiger partial charge < -0.3 is 0 Å². The molecule has 0 amide bonds. The van der Waals surface area contributed by atoms with Crippen LogP contribution in [0.4, 0.5) is 26.3 Å². The maximum Gasteiger partial charge on any atom is 0.433 e. The van der Waals surface area contributed by atoms with E-state index in [0.29, 0.717) is 4.52 Å². The Morgan fingerprint density at radius 3 is 2.26 bits per heavy atom. The number of hydrogen-bond donors (Lipinski definition) is 0. The van der Waals surface area contributed by atoms with Crippen LogP contribution in [-0.2, 0) is 12.4 Å². The fraction of sp³-hybridized carbons (Fsp3) is 0.143. The molecule has 0 aliphatic heterocycles. The zero-order valence-electron chi connectivity index (χ0n) is 11.2. The molecular formula is C14H7F6N3. The van der Waals surface area contributed by atoms with Crippen molar-refractivity contribution in [1.82, 2.24) is 14.6 Å². The average Bonchev–Trinajstić information content (AvgIpc) is 2.89. The van der Waals surface area contributed by atoms with E-state index in [9.17, 15) is 26.3 Å². The van der Waals surface area contributed by atoms with Crippen LogP contribution in [0.5, 0.6) is 0 Å². The van der Waals surface area contributed by atoms with Crippen LogP contribution in [0.2, 0.25) is 0 Å². The zero-order chi connectivity index (χ0) is 16.8. The van der Waals surface area contributed by atoms with Crippen LogP contribution >= 0.6 is 0 Å². The normalized spacial score (nSPS) is 12.8. The predicted octanol–water partition coefficient (Wildman–Crippen LogP) is 4.43. The summed E-state index contributed by atoms with van der Waals surface area (Å²) in [5.74, 6) is 0. The van der Waals surface area contributed by atoms with E-state index in [2.05, 4.69) is 10.1 Å². The largest absolute Gasteiger partial charge is 0.433 e. The fourth-order valence-electron chi connectivity index (χ4n) is 2.11. The molecule has 3 rings (SSSR count). The van der Waals surface area contributed by atoms with E-state index in [1.807, 2.05) is 0 Å². The van der Waals surface area contributed by atoms with Crippen molar-refractivity contribution < 1.29 is 26.3 Å². The molecule has 2 heterocycles. The van der Waals surface area contributed by atoms with Gasteiger partial charge in [0.05, 0.1) is 11.3 Å². The van der Waals surface area contributed by atoms with Crippen LogP contribution in [0.3, 0.4) is 0 Å². The summed E-state index contributed by atoms with van der Waals surface area (Å²) in [6, 6.07) is 6.15. The van der Waals surface area contributed by atoms with Gasteiger partial charge in [-0.1, -0.05) is 12.1 Å². The molecule has 0 fully saturated rings. The van der Waals surface area contributed by atoms with Gasteiger partial charge in [-0.25, -0.2) is 9.50 Å². The Balaban J connectivity index is 2.15. The van der Waals surface area contributed by atoms with Crippen molar-refractivity contribution in [1.29, 1.82) is 0 Å². The first kappa shape index (κ1) is 15.3. The first-order chi connectivity index (χ1) is 10.7. The fourth-order valence-corrected chi connectivity index (χ4v) is 2.11. The molecule has 120 valence electrons. The van der Waals surface area contributed by atoms with E-state index in [4.69, 9.17) is 0 Å². The van der Waals surface area contributed by atoms with Gasteiger partial charge in [0.2, 0.25) is 0 Å². The molecule has 0 aliphatic carbocycles. The molecule has 0 N–H and O–H groups in total. The Hall–Kier alpha value is -2.58. The second kappa shape index (κ2) is 4.97. The number of aromatic nitrogens is 3. The summed E-state index contributed by atoms with van der Waals surface area (Å²) in [5.41, 5.74) is -2.04. The molecule has 0 spiro atoms. The minimum Gasteiger partial charge on any atom is -0.237 e. The third kappa shape index (κ3) is 2.86. The van der Waals surface area contributed by atoms with Crippen molar-refractivity contribution in [2.24, 2.45) is 0 Å².